The first-order valence-electron chi connectivity index (χ1n) is 6.29. The molecule has 106 valence electrons. The zero-order valence-electron chi connectivity index (χ0n) is 11.5. The van der Waals surface area contributed by atoms with Crippen LogP contribution < -0.4 is 10.9 Å². The number of aryl methyl sites for hydroxylation is 2. The molecule has 1 N–H and O–H groups in total. The number of amides is 1. The summed E-state index contributed by atoms with van der Waals surface area (Å²) in [6.07, 6.45) is 1.58. The van der Waals surface area contributed by atoms with E-state index < -0.39 is 0 Å². The van der Waals surface area contributed by atoms with Gasteiger partial charge in [-0.25, -0.2) is 4.52 Å². The molecule has 0 unspecified atom stereocenters. The first-order chi connectivity index (χ1) is 10.0. The fraction of sp³-hybridized carbons (Fsp3) is 0.143. The summed E-state index contributed by atoms with van der Waals surface area (Å²) in [7, 11) is 0. The summed E-state index contributed by atoms with van der Waals surface area (Å²) in [6, 6.07) is 7.53. The van der Waals surface area contributed by atoms with Crippen LogP contribution in [0.4, 0.5) is 5.69 Å². The van der Waals surface area contributed by atoms with Gasteiger partial charge in [-0.15, -0.1) is 0 Å². The minimum Gasteiger partial charge on any atom is -0.321 e. The lowest BCUT2D eigenvalue weighted by atomic mass is 10.2. The number of anilines is 1. The van der Waals surface area contributed by atoms with Gasteiger partial charge in [0.05, 0.1) is 6.20 Å². The second-order valence-electron chi connectivity index (χ2n) is 4.59. The molecule has 0 aliphatic rings. The molecule has 1 amide bonds. The van der Waals surface area contributed by atoms with E-state index in [1.165, 1.54) is 4.52 Å². The second-order valence-corrected chi connectivity index (χ2v) is 5.60. The molecule has 3 rings (SSSR count). The molecule has 3 aromatic rings. The van der Waals surface area contributed by atoms with Gasteiger partial charge in [0.15, 0.2) is 0 Å². The molecule has 2 heterocycles. The van der Waals surface area contributed by atoms with E-state index >= 15 is 0 Å². The van der Waals surface area contributed by atoms with Crippen molar-refractivity contribution in [3.05, 3.63) is 57.0 Å². The van der Waals surface area contributed by atoms with Crippen LogP contribution in [0.5, 0.6) is 0 Å². The highest BCUT2D eigenvalue weighted by Gasteiger charge is 2.13. The summed E-state index contributed by atoms with van der Waals surface area (Å²) in [5, 5.41) is 6.92. The van der Waals surface area contributed by atoms with Crippen molar-refractivity contribution in [1.82, 2.24) is 14.6 Å². The monoisotopic (exact) mass is 300 g/mol. The lowest BCUT2D eigenvalue weighted by Crippen LogP contribution is -2.14. The van der Waals surface area contributed by atoms with Crippen molar-refractivity contribution in [3.8, 4) is 0 Å². The first kappa shape index (κ1) is 13.4. The molecule has 0 radical (unpaired) electrons. The molecule has 1 aromatic carbocycles. The number of aromatic nitrogens is 3. The Hall–Kier alpha value is -2.54. The highest BCUT2D eigenvalue weighted by atomic mass is 32.1. The van der Waals surface area contributed by atoms with E-state index in [0.717, 1.165) is 22.6 Å². The van der Waals surface area contributed by atoms with Crippen molar-refractivity contribution in [2.75, 3.05) is 5.32 Å². The van der Waals surface area contributed by atoms with Crippen LogP contribution in [0.3, 0.4) is 0 Å². The van der Waals surface area contributed by atoms with Crippen LogP contribution in [0.1, 0.15) is 20.9 Å². The van der Waals surface area contributed by atoms with Crippen LogP contribution in [0, 0.1) is 13.8 Å². The van der Waals surface area contributed by atoms with Gasteiger partial charge in [-0.2, -0.15) is 10.1 Å². The highest BCUT2D eigenvalue weighted by Crippen LogP contribution is 2.18. The topological polar surface area (TPSA) is 76.4 Å². The number of nitrogens with one attached hydrogen (secondary N) is 1. The number of rotatable bonds is 2. The Bertz CT molecular complexity index is 897. The molecule has 0 aliphatic carbocycles. The molecule has 0 saturated carbocycles. The first-order valence-corrected chi connectivity index (χ1v) is 7.10. The minimum absolute atomic E-state index is 0.244. The van der Waals surface area contributed by atoms with Crippen molar-refractivity contribution in [3.63, 3.8) is 0 Å². The molecule has 0 saturated heterocycles. The predicted molar refractivity (Wildman–Crippen MR) is 81.0 cm³/mol. The molecule has 0 fully saturated rings. The predicted octanol–water partition coefficient (Wildman–Crippen LogP) is 2.02. The molecule has 6 nitrogen and oxygen atoms in total. The molecule has 0 spiro atoms. The van der Waals surface area contributed by atoms with Crippen LogP contribution in [0.25, 0.3) is 4.96 Å². The molecular weight excluding hydrogens is 288 g/mol. The lowest BCUT2D eigenvalue weighted by molar-refractivity contribution is 0.103. The maximum absolute atomic E-state index is 12.3. The molecule has 0 bridgehead atoms. The van der Waals surface area contributed by atoms with Gasteiger partial charge >= 0.3 is 0 Å². The molecule has 0 aliphatic heterocycles. The normalized spacial score (nSPS) is 10.8. The van der Waals surface area contributed by atoms with E-state index in [1.54, 1.807) is 13.1 Å². The number of benzene rings is 1. The maximum atomic E-state index is 12.3. The SMILES string of the molecule is Cc1ccccc1NC(=O)c1cn2nc(C)c(=O)nc2s1. The summed E-state index contributed by atoms with van der Waals surface area (Å²) < 4.78 is 1.45. The van der Waals surface area contributed by atoms with E-state index in [9.17, 15) is 9.59 Å². The summed E-state index contributed by atoms with van der Waals surface area (Å²) in [5.74, 6) is -0.244. The summed E-state index contributed by atoms with van der Waals surface area (Å²) in [5.41, 5.74) is 1.67. The van der Waals surface area contributed by atoms with Crippen molar-refractivity contribution in [1.29, 1.82) is 0 Å². The Kier molecular flexibility index (Phi) is 3.26. The smallest absolute Gasteiger partial charge is 0.295 e. The third-order valence-corrected chi connectivity index (χ3v) is 3.99. The number of carbonyl (C=O) groups is 1. The number of para-hydroxylation sites is 1. The molecular formula is C14H12N4O2S. The Morgan fingerprint density at radius 2 is 2.05 bits per heavy atom. The number of hydrogen-bond acceptors (Lipinski definition) is 5. The zero-order chi connectivity index (χ0) is 15.0. The van der Waals surface area contributed by atoms with Gasteiger partial charge in [0, 0.05) is 5.69 Å². The highest BCUT2D eigenvalue weighted by molar-refractivity contribution is 7.18. The lowest BCUT2D eigenvalue weighted by Gasteiger charge is -2.05. The van der Waals surface area contributed by atoms with Crippen LogP contribution in [0.2, 0.25) is 0 Å². The quantitative estimate of drug-likeness (QED) is 0.785. The second kappa shape index (κ2) is 5.10. The van der Waals surface area contributed by atoms with E-state index in [1.807, 2.05) is 31.2 Å². The maximum Gasteiger partial charge on any atom is 0.295 e. The Balaban J connectivity index is 1.95. The van der Waals surface area contributed by atoms with Crippen LogP contribution in [-0.2, 0) is 0 Å². The van der Waals surface area contributed by atoms with Crippen molar-refractivity contribution in [2.45, 2.75) is 13.8 Å². The number of carbonyl (C=O) groups excluding carboxylic acids is 1. The van der Waals surface area contributed by atoms with Gasteiger partial charge in [0.25, 0.3) is 11.5 Å². The van der Waals surface area contributed by atoms with Gasteiger partial charge in [0.1, 0.15) is 10.6 Å². The molecule has 21 heavy (non-hydrogen) atoms. The Morgan fingerprint density at radius 1 is 1.29 bits per heavy atom. The Labute approximate surface area is 124 Å². The molecule has 0 atom stereocenters. The standard InChI is InChI=1S/C14H12N4O2S/c1-8-5-3-4-6-10(8)15-13(20)11-7-18-14(21-11)16-12(19)9(2)17-18/h3-7H,1-2H3,(H,15,20). The van der Waals surface area contributed by atoms with Gasteiger partial charge in [0.2, 0.25) is 4.96 Å². The van der Waals surface area contributed by atoms with E-state index in [-0.39, 0.29) is 11.5 Å². The van der Waals surface area contributed by atoms with Crippen molar-refractivity contribution in [2.24, 2.45) is 0 Å². The number of thiazole rings is 1. The molecule has 7 heteroatoms. The number of hydrogen-bond donors (Lipinski definition) is 1. The van der Waals surface area contributed by atoms with Gasteiger partial charge < -0.3 is 5.32 Å². The van der Waals surface area contributed by atoms with Crippen LogP contribution in [0.15, 0.2) is 35.3 Å². The third-order valence-electron chi connectivity index (χ3n) is 3.02. The largest absolute Gasteiger partial charge is 0.321 e. The van der Waals surface area contributed by atoms with Gasteiger partial charge in [-0.05, 0) is 25.5 Å². The number of nitrogens with zero attached hydrogens (tertiary/aromatic N) is 3. The zero-order valence-corrected chi connectivity index (χ0v) is 12.3. The van der Waals surface area contributed by atoms with Crippen molar-refractivity contribution >= 4 is 27.9 Å². The number of fused-ring (bicyclic) bond motifs is 1. The van der Waals surface area contributed by atoms with E-state index in [2.05, 4.69) is 15.4 Å². The fourth-order valence-corrected chi connectivity index (χ4v) is 2.67. The third kappa shape index (κ3) is 2.55. The molecule has 2 aromatic heterocycles. The van der Waals surface area contributed by atoms with E-state index in [4.69, 9.17) is 0 Å². The van der Waals surface area contributed by atoms with Crippen molar-refractivity contribution < 1.29 is 4.79 Å². The summed E-state index contributed by atoms with van der Waals surface area (Å²) in [4.78, 5) is 28.5. The van der Waals surface area contributed by atoms with Crippen LogP contribution >= 0.6 is 11.3 Å². The fourth-order valence-electron chi connectivity index (χ4n) is 1.86. The van der Waals surface area contributed by atoms with Crippen LogP contribution in [-0.4, -0.2) is 20.5 Å². The van der Waals surface area contributed by atoms with E-state index in [0.29, 0.717) is 15.5 Å². The summed E-state index contributed by atoms with van der Waals surface area (Å²) >= 11 is 1.13. The van der Waals surface area contributed by atoms with Gasteiger partial charge in [-0.1, -0.05) is 29.5 Å². The van der Waals surface area contributed by atoms with Gasteiger partial charge in [-0.3, -0.25) is 9.59 Å². The Morgan fingerprint density at radius 3 is 2.81 bits per heavy atom. The minimum atomic E-state index is -0.372. The average molecular weight is 300 g/mol. The average Bonchev–Trinajstić information content (AvgIpc) is 2.85. The summed E-state index contributed by atoms with van der Waals surface area (Å²) in [6.45, 7) is 3.51.